The third-order valence-electron chi connectivity index (χ3n) is 19.5. The molecule has 3 aliphatic heterocycles. The Morgan fingerprint density at radius 2 is 1.63 bits per heavy atom. The summed E-state index contributed by atoms with van der Waals surface area (Å²) in [5, 5.41) is 25.7. The smallest absolute Gasteiger partial charge is 0.160 e. The monoisotopic (exact) mass is 803 g/mol. The second kappa shape index (κ2) is 12.8. The minimum absolute atomic E-state index is 0.0716. The number of ketones is 2. The predicted molar refractivity (Wildman–Crippen MR) is 232 cm³/mol. The van der Waals surface area contributed by atoms with Gasteiger partial charge in [-0.25, -0.2) is 0 Å². The van der Waals surface area contributed by atoms with E-state index < -0.39 is 28.5 Å². The van der Waals surface area contributed by atoms with E-state index in [9.17, 15) is 15.0 Å². The minimum atomic E-state index is -0.694. The number of epoxide rings is 1. The second-order valence-corrected chi connectivity index (χ2v) is 23.2. The molecule has 1 aromatic carbocycles. The van der Waals surface area contributed by atoms with Crippen LogP contribution in [0, 0.1) is 64.1 Å². The Morgan fingerprint density at radius 3 is 2.31 bits per heavy atom. The molecule has 0 bridgehead atoms. The molecule has 9 aliphatic rings. The lowest BCUT2D eigenvalue weighted by Crippen LogP contribution is -2.72. The molecular formula is C52H70N2O5. The van der Waals surface area contributed by atoms with Gasteiger partial charge in [0.05, 0.1) is 29.2 Å². The first-order valence-electron chi connectivity index (χ1n) is 23.4. The number of ether oxygens (including phenoxy) is 1. The number of carbonyl (C=O) groups is 2. The molecule has 7 heteroatoms. The van der Waals surface area contributed by atoms with E-state index in [0.717, 1.165) is 74.9 Å². The topological polar surface area (TPSA) is 103 Å². The first-order chi connectivity index (χ1) is 27.7. The Morgan fingerprint density at radius 1 is 0.932 bits per heavy atom. The number of Topliss-reactive ketones (excluding diaryl/α,β-unsaturated/α-hetero) is 2. The molecule has 0 spiro atoms. The highest BCUT2D eigenvalue weighted by molar-refractivity contribution is 6.02. The lowest BCUT2D eigenvalue weighted by atomic mass is 9.31. The number of aliphatic hydroxyl groups excluding tert-OH is 2. The van der Waals surface area contributed by atoms with Gasteiger partial charge in [-0.15, -0.1) is 0 Å². The van der Waals surface area contributed by atoms with Crippen molar-refractivity contribution in [2.45, 2.75) is 170 Å². The van der Waals surface area contributed by atoms with Crippen molar-refractivity contribution in [3.05, 3.63) is 69.1 Å². The van der Waals surface area contributed by atoms with Crippen LogP contribution >= 0.6 is 0 Å². The number of allylic oxidation sites excluding steroid dienone is 2. The third kappa shape index (κ3) is 5.38. The maximum absolute atomic E-state index is 15.2. The molecular weight excluding hydrogens is 733 g/mol. The van der Waals surface area contributed by atoms with Gasteiger partial charge < -0.3 is 19.8 Å². The number of carbonyl (C=O) groups excluding carboxylic acids is 2. The first-order valence-corrected chi connectivity index (χ1v) is 23.4. The Kier molecular flexibility index (Phi) is 8.76. The third-order valence-corrected chi connectivity index (χ3v) is 19.5. The van der Waals surface area contributed by atoms with Crippen LogP contribution in [0.5, 0.6) is 0 Å². The molecule has 318 valence electrons. The number of benzene rings is 1. The summed E-state index contributed by atoms with van der Waals surface area (Å²) in [5.41, 5.74) is 6.42. The van der Waals surface area contributed by atoms with Crippen LogP contribution in [-0.4, -0.2) is 69.9 Å². The standard InChI is InChI=1S/C52H70N2O5/c1-30-22-31(2)24-32(23-30)25-33-28-54(35-16-21-53-41(33)35)29-52-20-19-47(5,26-37(56)45-46(3,4)59-45)40-36(55)27-50(8,42(40)52)49(7)18-14-38-48(6,43(49)44(52)58)17-15-39(57)51(38,9)34-12-10-11-13-34/h16,21-24,34,37-38,43-45,56,58H,10-15,17-20,25-29H2,1-9H3. The molecule has 0 amide bonds. The molecule has 1 aromatic rings. The van der Waals surface area contributed by atoms with Gasteiger partial charge in [0.1, 0.15) is 11.9 Å². The highest BCUT2D eigenvalue weighted by Crippen LogP contribution is 2.80. The molecule has 5 fully saturated rings. The Hall–Kier alpha value is -2.87. The van der Waals surface area contributed by atoms with Crippen LogP contribution < -0.4 is 0 Å². The number of aliphatic imine (C=N–C) groups is 1. The van der Waals surface area contributed by atoms with Crippen LogP contribution in [0.2, 0.25) is 0 Å². The zero-order valence-corrected chi connectivity index (χ0v) is 37.5. The Balaban J connectivity index is 1.10. The van der Waals surface area contributed by atoms with Gasteiger partial charge >= 0.3 is 0 Å². The van der Waals surface area contributed by atoms with E-state index in [2.05, 4.69) is 77.6 Å². The van der Waals surface area contributed by atoms with E-state index in [-0.39, 0.29) is 45.6 Å². The molecule has 0 radical (unpaired) electrons. The van der Waals surface area contributed by atoms with Crippen molar-refractivity contribution < 1.29 is 24.5 Å². The van der Waals surface area contributed by atoms with Gasteiger partial charge in [-0.1, -0.05) is 76.8 Å². The largest absolute Gasteiger partial charge is 0.392 e. The first kappa shape index (κ1) is 40.2. The van der Waals surface area contributed by atoms with Crippen LogP contribution in [0.15, 0.2) is 57.4 Å². The summed E-state index contributed by atoms with van der Waals surface area (Å²) < 4.78 is 5.98. The van der Waals surface area contributed by atoms with Gasteiger partial charge in [-0.05, 0) is 142 Å². The van der Waals surface area contributed by atoms with Gasteiger partial charge in [0, 0.05) is 54.0 Å². The predicted octanol–water partition coefficient (Wildman–Crippen LogP) is 9.35. The average Bonchev–Trinajstić information content (AvgIpc) is 3.73. The summed E-state index contributed by atoms with van der Waals surface area (Å²) in [6.45, 7) is 21.6. The quantitative estimate of drug-likeness (QED) is 0.254. The fourth-order valence-corrected chi connectivity index (χ4v) is 16.7. The molecule has 4 saturated carbocycles. The van der Waals surface area contributed by atoms with E-state index >= 15 is 4.79 Å². The molecule has 1 saturated heterocycles. The van der Waals surface area contributed by atoms with E-state index in [4.69, 9.17) is 9.73 Å². The molecule has 10 rings (SSSR count). The Bertz CT molecular complexity index is 2140. The molecule has 59 heavy (non-hydrogen) atoms. The number of nitrogens with zero attached hydrogens (tertiary/aromatic N) is 2. The molecule has 3 heterocycles. The molecule has 0 aromatic heterocycles. The van der Waals surface area contributed by atoms with Crippen LogP contribution in [-0.2, 0) is 20.7 Å². The summed E-state index contributed by atoms with van der Waals surface area (Å²) in [6.07, 6.45) is 13.6. The Labute approximate surface area is 353 Å². The van der Waals surface area contributed by atoms with Crippen molar-refractivity contribution in [1.82, 2.24) is 4.90 Å². The van der Waals surface area contributed by atoms with E-state index in [1.807, 2.05) is 20.1 Å². The molecule has 11 atom stereocenters. The summed E-state index contributed by atoms with van der Waals surface area (Å²) in [4.78, 5) is 37.0. The number of hydrogen-bond donors (Lipinski definition) is 2. The van der Waals surface area contributed by atoms with Gasteiger partial charge in [0.15, 0.2) is 5.78 Å². The second-order valence-electron chi connectivity index (χ2n) is 23.2. The zero-order valence-electron chi connectivity index (χ0n) is 37.5. The van der Waals surface area contributed by atoms with Gasteiger partial charge in [0.25, 0.3) is 0 Å². The van der Waals surface area contributed by atoms with Gasteiger partial charge in [-0.3, -0.25) is 14.6 Å². The van der Waals surface area contributed by atoms with E-state index in [0.29, 0.717) is 37.5 Å². The number of aryl methyl sites for hydroxylation is 2. The highest BCUT2D eigenvalue weighted by atomic mass is 16.6. The summed E-state index contributed by atoms with van der Waals surface area (Å²) in [7, 11) is 0. The summed E-state index contributed by atoms with van der Waals surface area (Å²) in [6, 6.07) is 6.81. The van der Waals surface area contributed by atoms with Crippen LogP contribution in [0.4, 0.5) is 0 Å². The van der Waals surface area contributed by atoms with Crippen LogP contribution in [0.1, 0.15) is 142 Å². The summed E-state index contributed by atoms with van der Waals surface area (Å²) >= 11 is 0. The number of aliphatic hydroxyl groups is 2. The minimum Gasteiger partial charge on any atom is -0.392 e. The SMILES string of the molecule is Cc1cc(C)cc(CC2=C3N=CC=C3N(CC34CCC(C)(CC(O)C5OC5(C)C)C5=C3C(C)(CC5=O)C3(C)CCC5C(C)(CCC(=O)C5(C)C5CCCC5)C3C4O)C2)c1. The maximum Gasteiger partial charge on any atom is 0.160 e. The van der Waals surface area contributed by atoms with Crippen molar-refractivity contribution >= 4 is 17.8 Å². The molecule has 2 N–H and O–H groups in total. The number of hydrogen-bond acceptors (Lipinski definition) is 7. The average molecular weight is 803 g/mol. The fourth-order valence-electron chi connectivity index (χ4n) is 16.7. The molecule has 7 nitrogen and oxygen atoms in total. The molecule has 11 unspecified atom stereocenters. The van der Waals surface area contributed by atoms with Crippen LogP contribution in [0.3, 0.4) is 0 Å². The number of fused-ring (bicyclic) bond motifs is 5. The van der Waals surface area contributed by atoms with Gasteiger partial charge in [0.2, 0.25) is 0 Å². The lowest BCUT2D eigenvalue weighted by Gasteiger charge is -2.73. The van der Waals surface area contributed by atoms with Crippen molar-refractivity contribution in [3.8, 4) is 0 Å². The van der Waals surface area contributed by atoms with E-state index in [1.165, 1.54) is 40.7 Å². The van der Waals surface area contributed by atoms with Crippen molar-refractivity contribution in [3.63, 3.8) is 0 Å². The van der Waals surface area contributed by atoms with E-state index in [1.54, 1.807) is 0 Å². The van der Waals surface area contributed by atoms with Crippen molar-refractivity contribution in [2.24, 2.45) is 55.2 Å². The normalized spacial score (nSPS) is 43.8. The van der Waals surface area contributed by atoms with Crippen LogP contribution in [0.25, 0.3) is 0 Å². The fraction of sp³-hybridized carbons (Fsp3) is 0.712. The number of rotatable bonds is 8. The maximum atomic E-state index is 15.2. The highest BCUT2D eigenvalue weighted by Gasteiger charge is 2.77. The van der Waals surface area contributed by atoms with Crippen molar-refractivity contribution in [1.29, 1.82) is 0 Å². The zero-order chi connectivity index (χ0) is 41.9. The summed E-state index contributed by atoms with van der Waals surface area (Å²) in [5.74, 6) is 1.21. The molecule has 6 aliphatic carbocycles. The van der Waals surface area contributed by atoms with Gasteiger partial charge in [-0.2, -0.15) is 0 Å². The van der Waals surface area contributed by atoms with Crippen molar-refractivity contribution in [2.75, 3.05) is 13.1 Å². The lowest BCUT2D eigenvalue weighted by molar-refractivity contribution is -0.245.